The SMILES string of the molecule is [NH3+]CC(C[NH3+])CF. The Balaban J connectivity index is 2.99. The zero-order valence-electron chi connectivity index (χ0n) is 4.49. The summed E-state index contributed by atoms with van der Waals surface area (Å²) in [6.07, 6.45) is 0. The third kappa shape index (κ3) is 2.53. The molecule has 0 radical (unpaired) electrons. The molecule has 0 aliphatic carbocycles. The molecule has 0 amide bonds. The molecule has 0 aromatic carbocycles. The highest BCUT2D eigenvalue weighted by molar-refractivity contribution is 4.47. The third-order valence-electron chi connectivity index (χ3n) is 1.03. The molecule has 0 aliphatic heterocycles. The van der Waals surface area contributed by atoms with Crippen molar-refractivity contribution in [3.05, 3.63) is 0 Å². The number of hydrogen-bond donors (Lipinski definition) is 2. The van der Waals surface area contributed by atoms with E-state index in [2.05, 4.69) is 11.5 Å². The van der Waals surface area contributed by atoms with Crippen LogP contribution in [0.5, 0.6) is 0 Å². The minimum atomic E-state index is -0.271. The average Bonchev–Trinajstić information content (AvgIpc) is 1.72. The van der Waals surface area contributed by atoms with Crippen LogP contribution in [0.25, 0.3) is 0 Å². The summed E-state index contributed by atoms with van der Waals surface area (Å²) in [6, 6.07) is 0. The van der Waals surface area contributed by atoms with Gasteiger partial charge in [-0.1, -0.05) is 0 Å². The maximum Gasteiger partial charge on any atom is 0.103 e. The van der Waals surface area contributed by atoms with Crippen LogP contribution in [-0.2, 0) is 0 Å². The van der Waals surface area contributed by atoms with Gasteiger partial charge in [0.15, 0.2) is 0 Å². The molecular weight excluding hydrogens is 95.1 g/mol. The lowest BCUT2D eigenvalue weighted by Gasteiger charge is -1.97. The summed E-state index contributed by atoms with van der Waals surface area (Å²) in [5, 5.41) is 0. The lowest BCUT2D eigenvalue weighted by molar-refractivity contribution is -0.422. The molecule has 0 aliphatic rings. The first-order valence-electron chi connectivity index (χ1n) is 2.49. The topological polar surface area (TPSA) is 55.3 Å². The Morgan fingerprint density at radius 2 is 1.71 bits per heavy atom. The van der Waals surface area contributed by atoms with E-state index in [4.69, 9.17) is 0 Å². The smallest absolute Gasteiger partial charge is 0.103 e. The van der Waals surface area contributed by atoms with Gasteiger partial charge in [-0.05, 0) is 0 Å². The first kappa shape index (κ1) is 6.85. The predicted molar refractivity (Wildman–Crippen MR) is 25.0 cm³/mol. The fourth-order valence-corrected chi connectivity index (χ4v) is 0.299. The Morgan fingerprint density at radius 1 is 1.29 bits per heavy atom. The van der Waals surface area contributed by atoms with Gasteiger partial charge in [-0.2, -0.15) is 0 Å². The van der Waals surface area contributed by atoms with E-state index in [9.17, 15) is 4.39 Å². The van der Waals surface area contributed by atoms with Crippen LogP contribution in [-0.4, -0.2) is 19.8 Å². The quantitative estimate of drug-likeness (QED) is 0.422. The Hall–Kier alpha value is -0.150. The van der Waals surface area contributed by atoms with Gasteiger partial charge < -0.3 is 11.5 Å². The molecule has 0 atom stereocenters. The summed E-state index contributed by atoms with van der Waals surface area (Å²) in [7, 11) is 0. The first-order valence-corrected chi connectivity index (χ1v) is 2.49. The first-order chi connectivity index (χ1) is 3.35. The lowest BCUT2D eigenvalue weighted by atomic mass is 10.2. The molecule has 7 heavy (non-hydrogen) atoms. The van der Waals surface area contributed by atoms with Crippen molar-refractivity contribution in [1.29, 1.82) is 0 Å². The Bertz CT molecular complexity index is 31.2. The Labute approximate surface area is 42.7 Å². The van der Waals surface area contributed by atoms with E-state index in [1.54, 1.807) is 0 Å². The number of halogens is 1. The summed E-state index contributed by atoms with van der Waals surface area (Å²) >= 11 is 0. The van der Waals surface area contributed by atoms with Gasteiger partial charge in [0, 0.05) is 0 Å². The Morgan fingerprint density at radius 3 is 1.71 bits per heavy atom. The number of hydrogen-bond acceptors (Lipinski definition) is 0. The normalized spacial score (nSPS) is 10.3. The van der Waals surface area contributed by atoms with Crippen LogP contribution in [0, 0.1) is 5.92 Å². The van der Waals surface area contributed by atoms with Crippen LogP contribution in [0.2, 0.25) is 0 Å². The fraction of sp³-hybridized carbons (Fsp3) is 1.00. The summed E-state index contributed by atoms with van der Waals surface area (Å²) in [5.74, 6) is 0.0972. The minimum Gasteiger partial charge on any atom is -0.357 e. The van der Waals surface area contributed by atoms with E-state index in [1.165, 1.54) is 0 Å². The van der Waals surface area contributed by atoms with Gasteiger partial charge in [0.05, 0.1) is 19.0 Å². The molecular formula is C4H13FN2+2. The fourth-order valence-electron chi connectivity index (χ4n) is 0.299. The van der Waals surface area contributed by atoms with E-state index in [0.717, 1.165) is 0 Å². The van der Waals surface area contributed by atoms with Gasteiger partial charge in [-0.25, -0.2) is 0 Å². The molecule has 0 bridgehead atoms. The third-order valence-corrected chi connectivity index (χ3v) is 1.03. The van der Waals surface area contributed by atoms with E-state index in [1.807, 2.05) is 0 Å². The van der Waals surface area contributed by atoms with Crippen LogP contribution >= 0.6 is 0 Å². The average molecular weight is 108 g/mol. The van der Waals surface area contributed by atoms with Crippen LogP contribution in [0.4, 0.5) is 4.39 Å². The number of rotatable bonds is 3. The molecule has 3 heteroatoms. The van der Waals surface area contributed by atoms with E-state index in [-0.39, 0.29) is 12.6 Å². The highest BCUT2D eigenvalue weighted by Crippen LogP contribution is 1.85. The molecule has 0 unspecified atom stereocenters. The maximum atomic E-state index is 11.6. The predicted octanol–water partition coefficient (Wildman–Crippen LogP) is -1.94. The lowest BCUT2D eigenvalue weighted by Crippen LogP contribution is -2.62. The molecule has 0 rings (SSSR count). The molecule has 6 N–H and O–H groups in total. The van der Waals surface area contributed by atoms with Gasteiger partial charge in [-0.15, -0.1) is 0 Å². The minimum absolute atomic E-state index is 0.0972. The van der Waals surface area contributed by atoms with E-state index in [0.29, 0.717) is 13.1 Å². The van der Waals surface area contributed by atoms with Gasteiger partial charge in [0.25, 0.3) is 0 Å². The summed E-state index contributed by atoms with van der Waals surface area (Å²) in [6.45, 7) is 1.06. The van der Waals surface area contributed by atoms with Crippen molar-refractivity contribution in [3.8, 4) is 0 Å². The second-order valence-electron chi connectivity index (χ2n) is 1.60. The van der Waals surface area contributed by atoms with Crippen LogP contribution < -0.4 is 11.5 Å². The molecule has 44 valence electrons. The summed E-state index contributed by atoms with van der Waals surface area (Å²) in [4.78, 5) is 0. The second-order valence-corrected chi connectivity index (χ2v) is 1.60. The van der Waals surface area contributed by atoms with Crippen molar-refractivity contribution < 1.29 is 15.9 Å². The molecule has 0 aromatic heterocycles. The highest BCUT2D eigenvalue weighted by Gasteiger charge is 2.05. The standard InChI is InChI=1S/C4H11FN2/c5-1-4(2-6)3-7/h4H,1-3,6-7H2/p+2. The van der Waals surface area contributed by atoms with Crippen LogP contribution in [0.1, 0.15) is 0 Å². The number of quaternary nitrogens is 2. The molecule has 0 saturated carbocycles. The largest absolute Gasteiger partial charge is 0.357 e. The van der Waals surface area contributed by atoms with Crippen molar-refractivity contribution in [2.75, 3.05) is 19.8 Å². The zero-order valence-corrected chi connectivity index (χ0v) is 4.49. The molecule has 0 spiro atoms. The Kier molecular flexibility index (Phi) is 3.93. The molecule has 0 heterocycles. The van der Waals surface area contributed by atoms with Crippen molar-refractivity contribution >= 4 is 0 Å². The van der Waals surface area contributed by atoms with Crippen LogP contribution in [0.15, 0.2) is 0 Å². The van der Waals surface area contributed by atoms with Gasteiger partial charge in [0.2, 0.25) is 0 Å². The molecule has 0 aromatic rings. The number of alkyl halides is 1. The van der Waals surface area contributed by atoms with Gasteiger partial charge >= 0.3 is 0 Å². The van der Waals surface area contributed by atoms with Crippen molar-refractivity contribution in [2.45, 2.75) is 0 Å². The van der Waals surface area contributed by atoms with E-state index >= 15 is 0 Å². The maximum absolute atomic E-state index is 11.6. The van der Waals surface area contributed by atoms with Gasteiger partial charge in [0.1, 0.15) is 6.67 Å². The van der Waals surface area contributed by atoms with Gasteiger partial charge in [-0.3, -0.25) is 4.39 Å². The van der Waals surface area contributed by atoms with Crippen molar-refractivity contribution in [3.63, 3.8) is 0 Å². The highest BCUT2D eigenvalue weighted by atomic mass is 19.1. The monoisotopic (exact) mass is 108 g/mol. The zero-order chi connectivity index (χ0) is 5.70. The van der Waals surface area contributed by atoms with Crippen LogP contribution in [0.3, 0.4) is 0 Å². The molecule has 0 fully saturated rings. The summed E-state index contributed by atoms with van der Waals surface area (Å²) < 4.78 is 11.6. The van der Waals surface area contributed by atoms with E-state index < -0.39 is 0 Å². The molecule has 2 nitrogen and oxygen atoms in total. The molecule has 0 saturated heterocycles. The van der Waals surface area contributed by atoms with Crippen molar-refractivity contribution in [1.82, 2.24) is 0 Å². The van der Waals surface area contributed by atoms with Crippen molar-refractivity contribution in [2.24, 2.45) is 5.92 Å². The summed E-state index contributed by atoms with van der Waals surface area (Å²) in [5.41, 5.74) is 7.10. The second kappa shape index (κ2) is 4.02.